The van der Waals surface area contributed by atoms with Crippen LogP contribution >= 0.6 is 12.2 Å². The number of thiocarbonyl (C=S) groups is 1. The fraction of sp³-hybridized carbons (Fsp3) is 0.111. The van der Waals surface area contributed by atoms with Crippen LogP contribution in [0.1, 0.15) is 15.9 Å². The second kappa shape index (κ2) is 12.8. The van der Waals surface area contributed by atoms with Crippen LogP contribution in [0.5, 0.6) is 11.6 Å². The Bertz CT molecular complexity index is 1550. The van der Waals surface area contributed by atoms with Gasteiger partial charge in [0.25, 0.3) is 21.8 Å². The van der Waals surface area contributed by atoms with Gasteiger partial charge in [0.1, 0.15) is 5.75 Å². The van der Waals surface area contributed by atoms with Crippen molar-refractivity contribution >= 4 is 44.8 Å². The van der Waals surface area contributed by atoms with Crippen LogP contribution in [-0.2, 0) is 16.4 Å². The molecule has 0 atom stereocenters. The molecule has 0 bridgehead atoms. The largest absolute Gasteiger partial charge is 0.492 e. The number of hydrogen-bond acceptors (Lipinski definition) is 8. The number of carbonyl (C=O) groups is 1. The van der Waals surface area contributed by atoms with Gasteiger partial charge >= 0.3 is 0 Å². The minimum absolute atomic E-state index is 0.0164. The smallest absolute Gasteiger partial charge is 0.263 e. The molecular weight excluding hydrogens is 538 g/mol. The van der Waals surface area contributed by atoms with Gasteiger partial charge in [0.2, 0.25) is 5.82 Å². The Hall–Kier alpha value is -4.55. The van der Waals surface area contributed by atoms with Gasteiger partial charge in [-0.25, -0.2) is 18.4 Å². The first-order chi connectivity index (χ1) is 18.9. The van der Waals surface area contributed by atoms with Gasteiger partial charge < -0.3 is 14.8 Å². The molecule has 0 saturated heterocycles. The zero-order valence-corrected chi connectivity index (χ0v) is 22.5. The third kappa shape index (κ3) is 7.49. The number of sulfonamides is 1. The van der Waals surface area contributed by atoms with Gasteiger partial charge in [-0.05, 0) is 54.2 Å². The van der Waals surface area contributed by atoms with E-state index < -0.39 is 15.9 Å². The third-order valence-electron chi connectivity index (χ3n) is 5.36. The number of aromatic nitrogens is 2. The number of nitrogens with zero attached hydrogens (tertiary/aromatic N) is 2. The fourth-order valence-electron chi connectivity index (χ4n) is 3.48. The molecule has 0 saturated carbocycles. The van der Waals surface area contributed by atoms with E-state index >= 15 is 0 Å². The fourth-order valence-corrected chi connectivity index (χ4v) is 4.70. The Labute approximate surface area is 231 Å². The van der Waals surface area contributed by atoms with Crippen molar-refractivity contribution in [1.29, 1.82) is 0 Å². The van der Waals surface area contributed by atoms with Gasteiger partial charge in [-0.2, -0.15) is 0 Å². The van der Waals surface area contributed by atoms with Gasteiger partial charge in [-0.3, -0.25) is 14.8 Å². The predicted molar refractivity (Wildman–Crippen MR) is 152 cm³/mol. The number of carbonyl (C=O) groups excluding carboxylic acids is 1. The van der Waals surface area contributed by atoms with E-state index in [9.17, 15) is 13.2 Å². The lowest BCUT2D eigenvalue weighted by atomic mass is 10.1. The summed E-state index contributed by atoms with van der Waals surface area (Å²) in [7, 11) is -2.59. The average Bonchev–Trinajstić information content (AvgIpc) is 2.94. The highest BCUT2D eigenvalue weighted by Gasteiger charge is 2.18. The molecule has 39 heavy (non-hydrogen) atoms. The Balaban J connectivity index is 1.34. The number of benzene rings is 3. The van der Waals surface area contributed by atoms with E-state index in [1.165, 1.54) is 43.8 Å². The molecule has 0 spiro atoms. The molecule has 3 N–H and O–H groups in total. The van der Waals surface area contributed by atoms with E-state index in [0.29, 0.717) is 30.0 Å². The zero-order valence-electron chi connectivity index (χ0n) is 20.8. The Morgan fingerprint density at radius 2 is 1.62 bits per heavy atom. The highest BCUT2D eigenvalue weighted by Crippen LogP contribution is 2.22. The number of anilines is 2. The molecule has 10 nitrogen and oxygen atoms in total. The molecule has 1 heterocycles. The molecule has 0 aliphatic carbocycles. The van der Waals surface area contributed by atoms with Crippen molar-refractivity contribution < 1.29 is 22.7 Å². The van der Waals surface area contributed by atoms with Crippen LogP contribution in [0, 0.1) is 0 Å². The molecule has 0 aliphatic rings. The first kappa shape index (κ1) is 27.5. The van der Waals surface area contributed by atoms with Gasteiger partial charge in [0.15, 0.2) is 5.11 Å². The van der Waals surface area contributed by atoms with E-state index in [4.69, 9.17) is 21.7 Å². The van der Waals surface area contributed by atoms with Crippen LogP contribution < -0.4 is 24.8 Å². The third-order valence-corrected chi connectivity index (χ3v) is 6.92. The number of hydrogen-bond donors (Lipinski definition) is 3. The maximum absolute atomic E-state index is 12.9. The highest BCUT2D eigenvalue weighted by atomic mass is 32.2. The quantitative estimate of drug-likeness (QED) is 0.245. The summed E-state index contributed by atoms with van der Waals surface area (Å²) in [6.45, 7) is 0.407. The molecule has 200 valence electrons. The number of rotatable bonds is 10. The molecule has 12 heteroatoms. The van der Waals surface area contributed by atoms with Crippen molar-refractivity contribution in [2.24, 2.45) is 0 Å². The summed E-state index contributed by atoms with van der Waals surface area (Å²) in [6, 6.07) is 22.6. The monoisotopic (exact) mass is 563 g/mol. The van der Waals surface area contributed by atoms with Crippen LogP contribution in [0.3, 0.4) is 0 Å². The van der Waals surface area contributed by atoms with Crippen LogP contribution in [0.15, 0.2) is 96.2 Å². The van der Waals surface area contributed by atoms with Crippen molar-refractivity contribution in [3.63, 3.8) is 0 Å². The molecule has 0 radical (unpaired) electrons. The molecule has 4 rings (SSSR count). The highest BCUT2D eigenvalue weighted by molar-refractivity contribution is 7.92. The topological polar surface area (TPSA) is 132 Å². The Morgan fingerprint density at radius 1 is 0.923 bits per heavy atom. The number of amides is 1. The first-order valence-corrected chi connectivity index (χ1v) is 13.6. The molecule has 0 aliphatic heterocycles. The Morgan fingerprint density at radius 3 is 2.36 bits per heavy atom. The summed E-state index contributed by atoms with van der Waals surface area (Å²) in [4.78, 5) is 20.7. The normalized spacial score (nSPS) is 10.8. The van der Waals surface area contributed by atoms with Crippen LogP contribution in [-0.4, -0.2) is 43.1 Å². The summed E-state index contributed by atoms with van der Waals surface area (Å²) in [5, 5.41) is 5.54. The second-order valence-electron chi connectivity index (χ2n) is 8.03. The SMILES string of the molecule is COc1nccnc1NS(=O)(=O)c1ccc(NC(=S)NC(=O)c2ccccc2OCCc2ccccc2)cc1. The lowest BCUT2D eigenvalue weighted by Crippen LogP contribution is -2.34. The maximum Gasteiger partial charge on any atom is 0.263 e. The van der Waals surface area contributed by atoms with Crippen molar-refractivity contribution in [2.75, 3.05) is 23.8 Å². The number of para-hydroxylation sites is 1. The van der Waals surface area contributed by atoms with Gasteiger partial charge in [0, 0.05) is 24.5 Å². The molecule has 3 aromatic carbocycles. The summed E-state index contributed by atoms with van der Waals surface area (Å²) in [6.07, 6.45) is 3.43. The van der Waals surface area contributed by atoms with Crippen LogP contribution in [0.2, 0.25) is 0 Å². The first-order valence-electron chi connectivity index (χ1n) is 11.7. The molecule has 1 amide bonds. The van der Waals surface area contributed by atoms with E-state index in [-0.39, 0.29) is 21.7 Å². The lowest BCUT2D eigenvalue weighted by molar-refractivity contribution is 0.0973. The van der Waals surface area contributed by atoms with Crippen molar-refractivity contribution in [2.45, 2.75) is 11.3 Å². The van der Waals surface area contributed by atoms with Crippen molar-refractivity contribution in [3.8, 4) is 11.6 Å². The summed E-state index contributed by atoms with van der Waals surface area (Å²) >= 11 is 5.28. The van der Waals surface area contributed by atoms with Gasteiger partial charge in [0.05, 0.1) is 24.2 Å². The van der Waals surface area contributed by atoms with Crippen LogP contribution in [0.25, 0.3) is 0 Å². The number of methoxy groups -OCH3 is 1. The zero-order chi connectivity index (χ0) is 27.7. The second-order valence-corrected chi connectivity index (χ2v) is 10.1. The van der Waals surface area contributed by atoms with E-state index in [2.05, 4.69) is 25.3 Å². The molecule has 0 unspecified atom stereocenters. The number of ether oxygens (including phenoxy) is 2. The Kier molecular flexibility index (Phi) is 9.02. The standard InChI is InChI=1S/C27H25N5O5S2/c1-36-26-24(28-16-17-29-26)32-39(34,35)21-13-11-20(12-14-21)30-27(38)31-25(33)22-9-5-6-10-23(22)37-18-15-19-7-3-2-4-8-19/h2-14,16-17H,15,18H2,1H3,(H,28,32)(H2,30,31,33,38). The predicted octanol–water partition coefficient (Wildman–Crippen LogP) is 4.03. The van der Waals surface area contributed by atoms with Crippen molar-refractivity contribution in [1.82, 2.24) is 15.3 Å². The molecular formula is C27H25N5O5S2. The van der Waals surface area contributed by atoms with Gasteiger partial charge in [-0.15, -0.1) is 0 Å². The number of nitrogens with one attached hydrogen (secondary N) is 3. The van der Waals surface area contributed by atoms with Crippen LogP contribution in [0.4, 0.5) is 11.5 Å². The molecule has 1 aromatic heterocycles. The average molecular weight is 564 g/mol. The van der Waals surface area contributed by atoms with Crippen molar-refractivity contribution in [3.05, 3.63) is 102 Å². The summed E-state index contributed by atoms with van der Waals surface area (Å²) in [5.74, 6) is 0.0127. The molecule has 4 aromatic rings. The minimum atomic E-state index is -3.95. The minimum Gasteiger partial charge on any atom is -0.492 e. The maximum atomic E-state index is 12.9. The molecule has 0 fully saturated rings. The van der Waals surface area contributed by atoms with E-state index in [1.54, 1.807) is 24.3 Å². The lowest BCUT2D eigenvalue weighted by Gasteiger charge is -2.14. The van der Waals surface area contributed by atoms with E-state index in [1.807, 2.05) is 30.3 Å². The van der Waals surface area contributed by atoms with Gasteiger partial charge in [-0.1, -0.05) is 42.5 Å². The summed E-state index contributed by atoms with van der Waals surface area (Å²) < 4.78 is 38.7. The summed E-state index contributed by atoms with van der Waals surface area (Å²) in [5.41, 5.74) is 1.94. The van der Waals surface area contributed by atoms with E-state index in [0.717, 1.165) is 5.56 Å².